The lowest BCUT2D eigenvalue weighted by atomic mass is 9.87. The molecule has 0 amide bonds. The van der Waals surface area contributed by atoms with Crippen molar-refractivity contribution in [3.63, 3.8) is 0 Å². The first-order valence-electron chi connectivity index (χ1n) is 6.53. The Hall–Kier alpha value is -0.120. The molecule has 0 spiro atoms. The number of rotatable bonds is 4. The number of nitrogens with zero attached hydrogens (tertiary/aromatic N) is 2. The van der Waals surface area contributed by atoms with Crippen LogP contribution in [0.15, 0.2) is 0 Å². The summed E-state index contributed by atoms with van der Waals surface area (Å²) < 4.78 is 0. The van der Waals surface area contributed by atoms with Gasteiger partial charge in [0.2, 0.25) is 0 Å². The normalized spacial score (nSPS) is 22.3. The van der Waals surface area contributed by atoms with Crippen LogP contribution in [0, 0.1) is 5.41 Å². The van der Waals surface area contributed by atoms with Crippen LogP contribution in [0.4, 0.5) is 0 Å². The molecule has 0 aliphatic carbocycles. The van der Waals surface area contributed by atoms with Crippen molar-refractivity contribution in [2.24, 2.45) is 11.1 Å². The molecule has 2 N–H and O–H groups in total. The van der Waals surface area contributed by atoms with Crippen LogP contribution in [-0.4, -0.2) is 55.6 Å². The lowest BCUT2D eigenvalue weighted by Gasteiger charge is -2.33. The van der Waals surface area contributed by atoms with Gasteiger partial charge in [-0.05, 0) is 31.8 Å². The number of hydrogen-bond donors (Lipinski definition) is 1. The molecule has 0 aromatic carbocycles. The largest absolute Gasteiger partial charge is 0.328 e. The number of hydrogen-bond acceptors (Lipinski definition) is 3. The van der Waals surface area contributed by atoms with Gasteiger partial charge < -0.3 is 15.5 Å². The summed E-state index contributed by atoms with van der Waals surface area (Å²) >= 11 is 0. The van der Waals surface area contributed by atoms with Crippen molar-refractivity contribution < 1.29 is 0 Å². The molecule has 1 rings (SSSR count). The fourth-order valence-corrected chi connectivity index (χ4v) is 2.31. The minimum Gasteiger partial charge on any atom is -0.328 e. The fraction of sp³-hybridized carbons (Fsp3) is 1.00. The van der Waals surface area contributed by atoms with E-state index in [1.165, 1.54) is 32.7 Å². The molecule has 0 bridgehead atoms. The summed E-state index contributed by atoms with van der Waals surface area (Å²) in [7, 11) is 2.20. The zero-order valence-electron chi connectivity index (χ0n) is 11.5. The quantitative estimate of drug-likeness (QED) is 0.788. The zero-order valence-corrected chi connectivity index (χ0v) is 11.5. The van der Waals surface area contributed by atoms with Gasteiger partial charge in [0, 0.05) is 32.2 Å². The molecule has 0 aromatic rings. The van der Waals surface area contributed by atoms with Crippen molar-refractivity contribution in [1.82, 2.24) is 9.80 Å². The summed E-state index contributed by atoms with van der Waals surface area (Å²) in [5.41, 5.74) is 6.53. The molecule has 3 nitrogen and oxygen atoms in total. The maximum absolute atomic E-state index is 6.17. The summed E-state index contributed by atoms with van der Waals surface area (Å²) in [5.74, 6) is 0. The van der Waals surface area contributed by atoms with Crippen molar-refractivity contribution in [2.75, 3.05) is 39.8 Å². The van der Waals surface area contributed by atoms with E-state index < -0.39 is 0 Å². The first-order valence-corrected chi connectivity index (χ1v) is 6.53. The summed E-state index contributed by atoms with van der Waals surface area (Å²) in [6.07, 6.45) is 2.27. The summed E-state index contributed by atoms with van der Waals surface area (Å²) in [6, 6.07) is 0.361. The van der Waals surface area contributed by atoms with Crippen LogP contribution in [0.25, 0.3) is 0 Å². The van der Waals surface area contributed by atoms with Crippen LogP contribution >= 0.6 is 0 Å². The number of likely N-dealkylation sites (N-methyl/N-ethyl adjacent to an activating group) is 1. The Morgan fingerprint density at radius 3 is 2.19 bits per heavy atom. The van der Waals surface area contributed by atoms with E-state index in [0.29, 0.717) is 11.5 Å². The number of nitrogens with two attached hydrogens (primary N) is 1. The van der Waals surface area contributed by atoms with E-state index in [-0.39, 0.29) is 0 Å². The molecule has 1 atom stereocenters. The first kappa shape index (κ1) is 13.9. The highest BCUT2D eigenvalue weighted by Crippen LogP contribution is 2.21. The predicted octanol–water partition coefficient (Wildman–Crippen LogP) is 1.39. The molecule has 0 saturated carbocycles. The topological polar surface area (TPSA) is 32.5 Å². The van der Waals surface area contributed by atoms with Crippen LogP contribution in [-0.2, 0) is 0 Å². The smallest absolute Gasteiger partial charge is 0.0110 e. The lowest BCUT2D eigenvalue weighted by molar-refractivity contribution is 0.148. The molecule has 1 heterocycles. The van der Waals surface area contributed by atoms with E-state index in [4.69, 9.17) is 5.73 Å². The van der Waals surface area contributed by atoms with Crippen molar-refractivity contribution in [1.29, 1.82) is 0 Å². The highest BCUT2D eigenvalue weighted by molar-refractivity contribution is 4.75. The Morgan fingerprint density at radius 1 is 1.12 bits per heavy atom. The molecule has 1 saturated heterocycles. The first-order chi connectivity index (χ1) is 7.37. The van der Waals surface area contributed by atoms with Crippen molar-refractivity contribution >= 4 is 0 Å². The minimum absolute atomic E-state index is 0.361. The van der Waals surface area contributed by atoms with E-state index in [0.717, 1.165) is 12.8 Å². The monoisotopic (exact) mass is 227 g/mol. The zero-order chi connectivity index (χ0) is 12.2. The minimum atomic E-state index is 0.361. The molecule has 1 aliphatic heterocycles. The third-order valence-electron chi connectivity index (χ3n) is 3.29. The highest BCUT2D eigenvalue weighted by Gasteiger charge is 2.18. The maximum Gasteiger partial charge on any atom is 0.0110 e. The second-order valence-electron chi connectivity index (χ2n) is 6.46. The van der Waals surface area contributed by atoms with Crippen LogP contribution in [0.3, 0.4) is 0 Å². The lowest BCUT2D eigenvalue weighted by Crippen LogP contribution is -2.45. The van der Waals surface area contributed by atoms with Crippen LogP contribution in [0.1, 0.15) is 33.6 Å². The van der Waals surface area contributed by atoms with Crippen LogP contribution in [0.5, 0.6) is 0 Å². The predicted molar refractivity (Wildman–Crippen MR) is 70.6 cm³/mol. The Balaban J connectivity index is 2.14. The van der Waals surface area contributed by atoms with Gasteiger partial charge in [-0.1, -0.05) is 20.8 Å². The van der Waals surface area contributed by atoms with Gasteiger partial charge in [0.05, 0.1) is 0 Å². The third kappa shape index (κ3) is 5.83. The van der Waals surface area contributed by atoms with Gasteiger partial charge in [-0.3, -0.25) is 0 Å². The van der Waals surface area contributed by atoms with Gasteiger partial charge in [0.1, 0.15) is 0 Å². The van der Waals surface area contributed by atoms with Gasteiger partial charge in [-0.25, -0.2) is 0 Å². The van der Waals surface area contributed by atoms with Crippen molar-refractivity contribution in [3.05, 3.63) is 0 Å². The van der Waals surface area contributed by atoms with Crippen molar-refractivity contribution in [2.45, 2.75) is 39.7 Å². The molecular weight excluding hydrogens is 198 g/mol. The van der Waals surface area contributed by atoms with E-state index in [9.17, 15) is 0 Å². The third-order valence-corrected chi connectivity index (χ3v) is 3.29. The average Bonchev–Trinajstić information content (AvgIpc) is 2.14. The number of piperazine rings is 1. The Morgan fingerprint density at radius 2 is 1.69 bits per heavy atom. The van der Waals surface area contributed by atoms with Gasteiger partial charge in [-0.15, -0.1) is 0 Å². The van der Waals surface area contributed by atoms with Gasteiger partial charge >= 0.3 is 0 Å². The summed E-state index contributed by atoms with van der Waals surface area (Å²) in [4.78, 5) is 4.94. The molecule has 1 fully saturated rings. The van der Waals surface area contributed by atoms with Crippen LogP contribution < -0.4 is 5.73 Å². The average molecular weight is 227 g/mol. The Bertz CT molecular complexity index is 190. The van der Waals surface area contributed by atoms with Gasteiger partial charge in [0.25, 0.3) is 0 Å². The molecule has 0 aromatic heterocycles. The molecule has 1 aliphatic rings. The molecule has 0 radical (unpaired) electrons. The Labute approximate surface area is 101 Å². The SMILES string of the molecule is CN1CCN(CCC(N)CC(C)(C)C)CC1. The highest BCUT2D eigenvalue weighted by atomic mass is 15.2. The van der Waals surface area contributed by atoms with Crippen LogP contribution in [0.2, 0.25) is 0 Å². The second kappa shape index (κ2) is 5.99. The van der Waals surface area contributed by atoms with E-state index in [1.807, 2.05) is 0 Å². The van der Waals surface area contributed by atoms with Gasteiger partial charge in [-0.2, -0.15) is 0 Å². The molecule has 1 unspecified atom stereocenters. The molecule has 3 heteroatoms. The van der Waals surface area contributed by atoms with Crippen molar-refractivity contribution in [3.8, 4) is 0 Å². The summed E-state index contributed by atoms with van der Waals surface area (Å²) in [5, 5.41) is 0. The standard InChI is InChI=1S/C13H29N3/c1-13(2,3)11-12(14)5-6-16-9-7-15(4)8-10-16/h12H,5-11,14H2,1-4H3. The summed E-state index contributed by atoms with van der Waals surface area (Å²) in [6.45, 7) is 12.8. The second-order valence-corrected chi connectivity index (χ2v) is 6.46. The van der Waals surface area contributed by atoms with Gasteiger partial charge in [0.15, 0.2) is 0 Å². The maximum atomic E-state index is 6.17. The Kier molecular flexibility index (Phi) is 5.22. The van der Waals surface area contributed by atoms with E-state index >= 15 is 0 Å². The molecule has 16 heavy (non-hydrogen) atoms. The molecule has 96 valence electrons. The fourth-order valence-electron chi connectivity index (χ4n) is 2.31. The van der Waals surface area contributed by atoms with E-state index in [2.05, 4.69) is 37.6 Å². The molecular formula is C13H29N3. The van der Waals surface area contributed by atoms with E-state index in [1.54, 1.807) is 0 Å².